The smallest absolute Gasteiger partial charge is 0.0718 e. The number of aryl methyl sites for hydroxylation is 2. The molecule has 0 bridgehead atoms. The molecule has 4 heteroatoms. The van der Waals surface area contributed by atoms with Crippen LogP contribution in [0.5, 0.6) is 0 Å². The molecule has 0 spiro atoms. The maximum absolute atomic E-state index is 9.09. The van der Waals surface area contributed by atoms with Gasteiger partial charge in [-0.05, 0) is 26.7 Å². The second kappa shape index (κ2) is 5.12. The second-order valence-corrected chi connectivity index (χ2v) is 3.46. The Balaban J connectivity index is 2.68. The number of rotatable bonds is 5. The van der Waals surface area contributed by atoms with Crippen molar-refractivity contribution in [1.29, 1.82) is 0 Å². The van der Waals surface area contributed by atoms with Gasteiger partial charge in [-0.1, -0.05) is 0 Å². The largest absolute Gasteiger partial charge is 0.396 e. The van der Waals surface area contributed by atoms with Crippen LogP contribution in [0.3, 0.4) is 0 Å². The molecular formula is C10H18N2O2. The zero-order chi connectivity index (χ0) is 10.6. The first-order valence-electron chi connectivity index (χ1n) is 4.95. The van der Waals surface area contributed by atoms with Crippen molar-refractivity contribution in [1.82, 2.24) is 9.78 Å². The van der Waals surface area contributed by atoms with E-state index in [-0.39, 0.29) is 13.2 Å². The van der Waals surface area contributed by atoms with Crippen molar-refractivity contribution < 1.29 is 10.2 Å². The Labute approximate surface area is 84.2 Å². The average Bonchev–Trinajstić information content (AvgIpc) is 2.42. The molecule has 0 unspecified atom stereocenters. The summed E-state index contributed by atoms with van der Waals surface area (Å²) in [6.45, 7) is 4.96. The van der Waals surface area contributed by atoms with Crippen molar-refractivity contribution in [2.75, 3.05) is 6.61 Å². The van der Waals surface area contributed by atoms with Crippen LogP contribution in [0, 0.1) is 13.8 Å². The van der Waals surface area contributed by atoms with Crippen LogP contribution in [0.25, 0.3) is 0 Å². The molecule has 0 aliphatic rings. The molecule has 0 saturated carbocycles. The predicted octanol–water partition coefficient (Wildman–Crippen LogP) is 0.765. The molecule has 4 nitrogen and oxygen atoms in total. The number of aliphatic hydroxyl groups excluding tert-OH is 2. The van der Waals surface area contributed by atoms with E-state index < -0.39 is 0 Å². The summed E-state index contributed by atoms with van der Waals surface area (Å²) in [6, 6.07) is 0. The lowest BCUT2D eigenvalue weighted by Crippen LogP contribution is -2.03. The van der Waals surface area contributed by atoms with E-state index >= 15 is 0 Å². The Morgan fingerprint density at radius 2 is 1.93 bits per heavy atom. The highest BCUT2D eigenvalue weighted by Crippen LogP contribution is 2.13. The Morgan fingerprint density at radius 3 is 2.43 bits per heavy atom. The minimum Gasteiger partial charge on any atom is -0.396 e. The van der Waals surface area contributed by atoms with Crippen molar-refractivity contribution >= 4 is 0 Å². The van der Waals surface area contributed by atoms with E-state index in [2.05, 4.69) is 5.10 Å². The van der Waals surface area contributed by atoms with Gasteiger partial charge in [0.1, 0.15) is 0 Å². The lowest BCUT2D eigenvalue weighted by molar-refractivity contribution is 0.277. The first-order valence-corrected chi connectivity index (χ1v) is 4.95. The molecule has 0 radical (unpaired) electrons. The molecule has 0 aromatic carbocycles. The van der Waals surface area contributed by atoms with Gasteiger partial charge in [0.05, 0.1) is 12.3 Å². The number of unbranched alkanes of at least 4 members (excludes halogenated alkanes) is 1. The number of nitrogens with zero attached hydrogens (tertiary/aromatic N) is 2. The van der Waals surface area contributed by atoms with Crippen molar-refractivity contribution in [2.24, 2.45) is 0 Å². The highest BCUT2D eigenvalue weighted by atomic mass is 16.3. The number of aliphatic hydroxyl groups is 2. The van der Waals surface area contributed by atoms with Gasteiger partial charge in [0.2, 0.25) is 0 Å². The van der Waals surface area contributed by atoms with Crippen LogP contribution in [-0.4, -0.2) is 26.6 Å². The molecule has 0 atom stereocenters. The Bertz CT molecular complexity index is 295. The lowest BCUT2D eigenvalue weighted by atomic mass is 10.2. The van der Waals surface area contributed by atoms with Gasteiger partial charge in [-0.2, -0.15) is 5.10 Å². The average molecular weight is 198 g/mol. The van der Waals surface area contributed by atoms with E-state index in [9.17, 15) is 0 Å². The molecule has 0 amide bonds. The monoisotopic (exact) mass is 198 g/mol. The topological polar surface area (TPSA) is 58.3 Å². The Hall–Kier alpha value is -0.870. The molecule has 1 rings (SSSR count). The van der Waals surface area contributed by atoms with Crippen LogP contribution < -0.4 is 0 Å². The standard InChI is InChI=1S/C10H18N2O2/c1-8-10(7-14)9(2)12(11-8)5-3-4-6-13/h13-14H,3-7H2,1-2H3. The molecule has 2 N–H and O–H groups in total. The molecule has 1 aromatic rings. The minimum atomic E-state index is 0.0532. The summed E-state index contributed by atoms with van der Waals surface area (Å²) in [7, 11) is 0. The van der Waals surface area contributed by atoms with Crippen molar-refractivity contribution in [3.8, 4) is 0 Å². The van der Waals surface area contributed by atoms with E-state index in [0.717, 1.165) is 36.3 Å². The molecule has 0 saturated heterocycles. The van der Waals surface area contributed by atoms with Gasteiger partial charge >= 0.3 is 0 Å². The highest BCUT2D eigenvalue weighted by molar-refractivity contribution is 5.23. The predicted molar refractivity (Wildman–Crippen MR) is 53.9 cm³/mol. The fraction of sp³-hybridized carbons (Fsp3) is 0.700. The van der Waals surface area contributed by atoms with Crippen LogP contribution in [0.15, 0.2) is 0 Å². The molecule has 0 aliphatic carbocycles. The SMILES string of the molecule is Cc1nn(CCCCO)c(C)c1CO. The summed E-state index contributed by atoms with van der Waals surface area (Å²) in [5, 5.41) is 22.1. The Kier molecular flexibility index (Phi) is 4.10. The fourth-order valence-electron chi connectivity index (χ4n) is 1.55. The molecule has 1 heterocycles. The summed E-state index contributed by atoms with van der Waals surface area (Å²) < 4.78 is 1.90. The van der Waals surface area contributed by atoms with Crippen LogP contribution in [0.1, 0.15) is 29.8 Å². The van der Waals surface area contributed by atoms with Crippen LogP contribution in [0.4, 0.5) is 0 Å². The maximum Gasteiger partial charge on any atom is 0.0718 e. The van der Waals surface area contributed by atoms with Gasteiger partial charge in [0.25, 0.3) is 0 Å². The molecule has 0 fully saturated rings. The highest BCUT2D eigenvalue weighted by Gasteiger charge is 2.09. The molecule has 80 valence electrons. The van der Waals surface area contributed by atoms with E-state index in [1.165, 1.54) is 0 Å². The van der Waals surface area contributed by atoms with Crippen LogP contribution >= 0.6 is 0 Å². The second-order valence-electron chi connectivity index (χ2n) is 3.46. The van der Waals surface area contributed by atoms with Crippen LogP contribution in [-0.2, 0) is 13.2 Å². The van der Waals surface area contributed by atoms with Crippen molar-refractivity contribution in [2.45, 2.75) is 39.8 Å². The van der Waals surface area contributed by atoms with E-state index in [1.807, 2.05) is 18.5 Å². The normalized spacial score (nSPS) is 10.9. The fourth-order valence-corrected chi connectivity index (χ4v) is 1.55. The van der Waals surface area contributed by atoms with Crippen molar-refractivity contribution in [3.63, 3.8) is 0 Å². The van der Waals surface area contributed by atoms with Crippen molar-refractivity contribution in [3.05, 3.63) is 17.0 Å². The first kappa shape index (κ1) is 11.2. The third-order valence-corrected chi connectivity index (χ3v) is 2.47. The van der Waals surface area contributed by atoms with Gasteiger partial charge in [-0.25, -0.2) is 0 Å². The molecule has 1 aromatic heterocycles. The van der Waals surface area contributed by atoms with E-state index in [1.54, 1.807) is 0 Å². The third-order valence-electron chi connectivity index (χ3n) is 2.47. The number of aromatic nitrogens is 2. The number of hydrogen-bond acceptors (Lipinski definition) is 3. The van der Waals surface area contributed by atoms with Gasteiger partial charge in [-0.15, -0.1) is 0 Å². The number of hydrogen-bond donors (Lipinski definition) is 2. The first-order chi connectivity index (χ1) is 6.70. The zero-order valence-corrected chi connectivity index (χ0v) is 8.82. The van der Waals surface area contributed by atoms with Gasteiger partial charge < -0.3 is 10.2 Å². The summed E-state index contributed by atoms with van der Waals surface area (Å²) in [6.07, 6.45) is 1.72. The quantitative estimate of drug-likeness (QED) is 0.687. The van der Waals surface area contributed by atoms with Crippen LogP contribution in [0.2, 0.25) is 0 Å². The Morgan fingerprint density at radius 1 is 1.21 bits per heavy atom. The maximum atomic E-state index is 9.09. The molecule has 14 heavy (non-hydrogen) atoms. The summed E-state index contributed by atoms with van der Waals surface area (Å²) in [4.78, 5) is 0. The van der Waals surface area contributed by atoms with Gasteiger partial charge in [0.15, 0.2) is 0 Å². The third kappa shape index (κ3) is 2.33. The minimum absolute atomic E-state index is 0.0532. The summed E-state index contributed by atoms with van der Waals surface area (Å²) in [5.74, 6) is 0. The summed E-state index contributed by atoms with van der Waals surface area (Å²) in [5.41, 5.74) is 2.85. The molecule has 0 aliphatic heterocycles. The molecular weight excluding hydrogens is 180 g/mol. The van der Waals surface area contributed by atoms with Gasteiger partial charge in [0, 0.05) is 24.4 Å². The van der Waals surface area contributed by atoms with E-state index in [0.29, 0.717) is 0 Å². The summed E-state index contributed by atoms with van der Waals surface area (Å²) >= 11 is 0. The van der Waals surface area contributed by atoms with Gasteiger partial charge in [-0.3, -0.25) is 4.68 Å². The van der Waals surface area contributed by atoms with E-state index in [4.69, 9.17) is 10.2 Å². The zero-order valence-electron chi connectivity index (χ0n) is 8.82. The lowest BCUT2D eigenvalue weighted by Gasteiger charge is -2.03.